The van der Waals surface area contributed by atoms with Gasteiger partial charge in [-0.2, -0.15) is 0 Å². The van der Waals surface area contributed by atoms with Crippen LogP contribution < -0.4 is 0 Å². The lowest BCUT2D eigenvalue weighted by Gasteiger charge is -2.20. The summed E-state index contributed by atoms with van der Waals surface area (Å²) in [6.07, 6.45) is 0. The van der Waals surface area contributed by atoms with Crippen molar-refractivity contribution in [3.8, 4) is 0 Å². The zero-order valence-electron chi connectivity index (χ0n) is 11.5. The fourth-order valence-corrected chi connectivity index (χ4v) is 4.56. The number of carboxylic acid groups (broad SMARTS) is 1. The number of carboxylic acids is 1. The predicted octanol–water partition coefficient (Wildman–Crippen LogP) is 1.06. The SMILES string of the molecule is CC(C)C(C(=O)O)S(=O)CCS(=O)(=O)C(C)(C)C. The van der Waals surface area contributed by atoms with E-state index in [9.17, 15) is 17.4 Å². The van der Waals surface area contributed by atoms with Crippen LogP contribution in [0.4, 0.5) is 0 Å². The second-order valence-electron chi connectivity index (χ2n) is 5.52. The molecule has 0 fully saturated rings. The van der Waals surface area contributed by atoms with E-state index in [1.165, 1.54) is 0 Å². The van der Waals surface area contributed by atoms with Crippen molar-refractivity contribution in [3.63, 3.8) is 0 Å². The molecule has 108 valence electrons. The highest BCUT2D eigenvalue weighted by Gasteiger charge is 2.32. The Morgan fingerprint density at radius 3 is 2.00 bits per heavy atom. The molecule has 0 saturated carbocycles. The lowest BCUT2D eigenvalue weighted by molar-refractivity contribution is -0.137. The molecule has 0 aliphatic carbocycles. The zero-order valence-corrected chi connectivity index (χ0v) is 13.1. The van der Waals surface area contributed by atoms with Gasteiger partial charge in [0.1, 0.15) is 5.25 Å². The van der Waals surface area contributed by atoms with E-state index in [4.69, 9.17) is 5.11 Å². The quantitative estimate of drug-likeness (QED) is 0.792. The summed E-state index contributed by atoms with van der Waals surface area (Å²) in [4.78, 5) is 11.0. The van der Waals surface area contributed by atoms with Crippen LogP contribution in [0, 0.1) is 5.92 Å². The van der Waals surface area contributed by atoms with Crippen molar-refractivity contribution in [2.24, 2.45) is 5.92 Å². The van der Waals surface area contributed by atoms with Gasteiger partial charge in [-0.15, -0.1) is 0 Å². The third kappa shape index (κ3) is 4.68. The first kappa shape index (κ1) is 17.6. The second-order valence-corrected chi connectivity index (χ2v) is 10.1. The van der Waals surface area contributed by atoms with Gasteiger partial charge in [0.05, 0.1) is 10.5 Å². The molecular formula is C11H22O5S2. The highest BCUT2D eigenvalue weighted by molar-refractivity contribution is 7.94. The summed E-state index contributed by atoms with van der Waals surface area (Å²) < 4.78 is 34.6. The molecule has 0 radical (unpaired) electrons. The summed E-state index contributed by atoms with van der Waals surface area (Å²) in [7, 11) is -5.04. The number of rotatable bonds is 6. The van der Waals surface area contributed by atoms with Crippen LogP contribution in [0.5, 0.6) is 0 Å². The van der Waals surface area contributed by atoms with E-state index in [0.717, 1.165) is 0 Å². The minimum Gasteiger partial charge on any atom is -0.480 e. The van der Waals surface area contributed by atoms with Crippen LogP contribution in [0.2, 0.25) is 0 Å². The average molecular weight is 298 g/mol. The molecule has 1 N–H and O–H groups in total. The monoisotopic (exact) mass is 298 g/mol. The summed E-state index contributed by atoms with van der Waals surface area (Å²) in [5, 5.41) is 7.95. The Balaban J connectivity index is 4.76. The molecule has 0 aromatic carbocycles. The van der Waals surface area contributed by atoms with Crippen molar-refractivity contribution in [2.45, 2.75) is 44.6 Å². The Kier molecular flexibility index (Phi) is 6.00. The van der Waals surface area contributed by atoms with Gasteiger partial charge in [0.25, 0.3) is 0 Å². The van der Waals surface area contributed by atoms with E-state index in [2.05, 4.69) is 0 Å². The third-order valence-electron chi connectivity index (χ3n) is 2.62. The van der Waals surface area contributed by atoms with Crippen molar-refractivity contribution < 1.29 is 22.5 Å². The molecule has 18 heavy (non-hydrogen) atoms. The molecule has 0 spiro atoms. The molecule has 5 nitrogen and oxygen atoms in total. The fourth-order valence-electron chi connectivity index (χ4n) is 1.33. The average Bonchev–Trinajstić information content (AvgIpc) is 2.11. The summed E-state index contributed by atoms with van der Waals surface area (Å²) in [5.41, 5.74) is 0. The second kappa shape index (κ2) is 6.14. The first-order valence-electron chi connectivity index (χ1n) is 5.72. The molecule has 0 amide bonds. The molecule has 0 aliphatic heterocycles. The minimum atomic E-state index is -3.36. The maximum atomic E-state index is 11.9. The molecule has 0 bridgehead atoms. The Hall–Kier alpha value is -0.430. The maximum Gasteiger partial charge on any atom is 0.319 e. The standard InChI is InChI=1S/C11H22O5S2/c1-8(2)9(10(12)13)17(14)6-7-18(15,16)11(3,4)5/h8-9H,6-7H2,1-5H3,(H,12,13). The van der Waals surface area contributed by atoms with Crippen molar-refractivity contribution in [2.75, 3.05) is 11.5 Å². The van der Waals surface area contributed by atoms with Crippen LogP contribution >= 0.6 is 0 Å². The van der Waals surface area contributed by atoms with Gasteiger partial charge in [0.15, 0.2) is 9.84 Å². The Bertz CT molecular complexity index is 417. The van der Waals surface area contributed by atoms with Crippen LogP contribution in [0.3, 0.4) is 0 Å². The molecule has 0 aliphatic rings. The number of aliphatic carboxylic acids is 1. The fraction of sp³-hybridized carbons (Fsp3) is 0.909. The lowest BCUT2D eigenvalue weighted by Crippen LogP contribution is -2.37. The van der Waals surface area contributed by atoms with E-state index in [1.54, 1.807) is 34.6 Å². The summed E-state index contributed by atoms with van der Waals surface area (Å²) in [6.45, 7) is 8.04. The summed E-state index contributed by atoms with van der Waals surface area (Å²) >= 11 is 0. The van der Waals surface area contributed by atoms with Gasteiger partial charge in [-0.1, -0.05) is 13.8 Å². The van der Waals surface area contributed by atoms with Gasteiger partial charge >= 0.3 is 5.97 Å². The van der Waals surface area contributed by atoms with Crippen molar-refractivity contribution >= 4 is 26.6 Å². The van der Waals surface area contributed by atoms with Gasteiger partial charge in [-0.25, -0.2) is 8.42 Å². The van der Waals surface area contributed by atoms with Crippen molar-refractivity contribution in [3.05, 3.63) is 0 Å². The molecule has 2 unspecified atom stereocenters. The normalized spacial score (nSPS) is 16.6. The van der Waals surface area contributed by atoms with E-state index >= 15 is 0 Å². The molecule has 0 aromatic rings. The van der Waals surface area contributed by atoms with Gasteiger partial charge < -0.3 is 5.11 Å². The topological polar surface area (TPSA) is 88.5 Å². The largest absolute Gasteiger partial charge is 0.480 e. The molecular weight excluding hydrogens is 276 g/mol. The van der Waals surface area contributed by atoms with Gasteiger partial charge in [-0.3, -0.25) is 9.00 Å². The minimum absolute atomic E-state index is 0.130. The lowest BCUT2D eigenvalue weighted by atomic mass is 10.1. The van der Waals surface area contributed by atoms with E-state index < -0.39 is 36.6 Å². The molecule has 0 rings (SSSR count). The third-order valence-corrected chi connectivity index (χ3v) is 7.40. The van der Waals surface area contributed by atoms with Gasteiger partial charge in [0.2, 0.25) is 0 Å². The molecule has 7 heteroatoms. The molecule has 0 heterocycles. The van der Waals surface area contributed by atoms with Gasteiger partial charge in [0, 0.05) is 16.6 Å². The van der Waals surface area contributed by atoms with Crippen molar-refractivity contribution in [1.29, 1.82) is 0 Å². The Morgan fingerprint density at radius 1 is 1.28 bits per heavy atom. The Morgan fingerprint density at radius 2 is 1.72 bits per heavy atom. The highest BCUT2D eigenvalue weighted by atomic mass is 32.2. The highest BCUT2D eigenvalue weighted by Crippen LogP contribution is 2.17. The van der Waals surface area contributed by atoms with Crippen molar-refractivity contribution in [1.82, 2.24) is 0 Å². The Labute approximate surface area is 111 Å². The van der Waals surface area contributed by atoms with E-state index in [0.29, 0.717) is 0 Å². The maximum absolute atomic E-state index is 11.9. The molecule has 2 atom stereocenters. The van der Waals surface area contributed by atoms with E-state index in [-0.39, 0.29) is 17.4 Å². The number of hydrogen-bond acceptors (Lipinski definition) is 4. The molecule has 0 saturated heterocycles. The van der Waals surface area contributed by atoms with Crippen LogP contribution in [0.15, 0.2) is 0 Å². The summed E-state index contributed by atoms with van der Waals surface area (Å²) in [5.74, 6) is -1.81. The first-order chi connectivity index (χ1) is 7.90. The van der Waals surface area contributed by atoms with E-state index in [1.807, 2.05) is 0 Å². The van der Waals surface area contributed by atoms with Gasteiger partial charge in [-0.05, 0) is 26.7 Å². The smallest absolute Gasteiger partial charge is 0.319 e. The first-order valence-corrected chi connectivity index (χ1v) is 8.76. The summed E-state index contributed by atoms with van der Waals surface area (Å²) in [6, 6.07) is 0. The number of carbonyl (C=O) groups is 1. The number of hydrogen-bond donors (Lipinski definition) is 1. The van der Waals surface area contributed by atoms with Crippen LogP contribution in [0.1, 0.15) is 34.6 Å². The zero-order chi connectivity index (χ0) is 14.7. The van der Waals surface area contributed by atoms with Crippen LogP contribution in [-0.4, -0.2) is 45.2 Å². The van der Waals surface area contributed by atoms with Crippen LogP contribution in [0.25, 0.3) is 0 Å². The predicted molar refractivity (Wildman–Crippen MR) is 72.8 cm³/mol. The van der Waals surface area contributed by atoms with Crippen LogP contribution in [-0.2, 0) is 25.4 Å². The number of sulfone groups is 1. The molecule has 0 aromatic heterocycles.